The predicted molar refractivity (Wildman–Crippen MR) is 267 cm³/mol. The molecule has 0 unspecified atom stereocenters. The van der Waals surface area contributed by atoms with Crippen molar-refractivity contribution in [3.05, 3.63) is 131 Å². The molecule has 0 heterocycles. The molecule has 0 fully saturated rings. The van der Waals surface area contributed by atoms with Crippen LogP contribution in [-0.2, 0) is 21.7 Å². The molecule has 0 aromatic heterocycles. The van der Waals surface area contributed by atoms with Gasteiger partial charge in [-0.15, -0.1) is 0 Å². The van der Waals surface area contributed by atoms with Crippen LogP contribution in [0, 0.1) is 0 Å². The van der Waals surface area contributed by atoms with E-state index in [4.69, 9.17) is 0 Å². The molecular weight excluding hydrogens is 721 g/mol. The van der Waals surface area contributed by atoms with Crippen LogP contribution in [0.1, 0.15) is 105 Å². The highest BCUT2D eigenvalue weighted by atomic mass is 14.3. The molecule has 0 heteroatoms. The average molecular weight is 775 g/mol. The Balaban J connectivity index is 1.44. The molecular formula is C60H54. The molecule has 0 nitrogen and oxygen atoms in total. The van der Waals surface area contributed by atoms with Crippen molar-refractivity contribution in [2.75, 3.05) is 0 Å². The lowest BCUT2D eigenvalue weighted by atomic mass is 9.76. The maximum Gasteiger partial charge on any atom is -0.00133 e. The molecule has 0 saturated carbocycles. The van der Waals surface area contributed by atoms with E-state index in [9.17, 15) is 0 Å². The van der Waals surface area contributed by atoms with Crippen molar-refractivity contribution < 1.29 is 0 Å². The van der Waals surface area contributed by atoms with E-state index in [0.29, 0.717) is 0 Å². The summed E-state index contributed by atoms with van der Waals surface area (Å²) in [6.07, 6.45) is 0. The van der Waals surface area contributed by atoms with Crippen molar-refractivity contribution in [2.45, 2.75) is 105 Å². The van der Waals surface area contributed by atoms with Gasteiger partial charge in [0.2, 0.25) is 0 Å². The standard InChI is InChI=1S/C60H54/c1-57(2,3)35-23-31-19-20-32-24-36(58(4,5)6)28-44-48(32)47(31)43(27-35)53-39-15-13-17-41-51(39)52-40(54(44)53)16-14-18-42(52)56-46-30-38(60(10,11)12)26-34-22-21-33-25-37(59(7,8)9)29-45(55(41)56)49(33)50(34)46/h13-30H,1-12H3. The average Bonchev–Trinajstić information content (AvgIpc) is 3.19. The predicted octanol–water partition coefficient (Wildman–Crippen LogP) is 17.9. The molecule has 294 valence electrons. The number of fused-ring (bicyclic) bond motifs is 10. The molecule has 0 radical (unpaired) electrons. The van der Waals surface area contributed by atoms with E-state index >= 15 is 0 Å². The Kier molecular flexibility index (Phi) is 6.72. The Labute approximate surface area is 353 Å². The summed E-state index contributed by atoms with van der Waals surface area (Å²) in [4.78, 5) is 0. The SMILES string of the molecule is CC(C)(C)c1cc2ccc3cc(C(C)(C)C)cc4c3c2c(c1)c1c2cccc3c5c6cc(C(C)(C)C)cc7ccc8cc(C(C)(C)C)cc(c8c76)c5c5cccc(c41)c5c23. The van der Waals surface area contributed by atoms with Crippen molar-refractivity contribution in [3.8, 4) is 0 Å². The fraction of sp³-hybridized carbons (Fsp3) is 0.267. The minimum atomic E-state index is -0.00181. The van der Waals surface area contributed by atoms with Crippen LogP contribution in [0.15, 0.2) is 109 Å². The number of benzene rings is 12. The third-order valence-electron chi connectivity index (χ3n) is 14.6. The molecule has 0 amide bonds. The van der Waals surface area contributed by atoms with Crippen molar-refractivity contribution >= 4 is 118 Å². The first-order valence-corrected chi connectivity index (χ1v) is 22.2. The topological polar surface area (TPSA) is 0 Å². The van der Waals surface area contributed by atoms with Gasteiger partial charge in [-0.3, -0.25) is 0 Å². The second-order valence-corrected chi connectivity index (χ2v) is 22.6. The van der Waals surface area contributed by atoms with E-state index in [1.165, 1.54) is 141 Å². The molecule has 12 aromatic carbocycles. The van der Waals surface area contributed by atoms with E-state index in [1.54, 1.807) is 0 Å². The monoisotopic (exact) mass is 774 g/mol. The fourth-order valence-electron chi connectivity index (χ4n) is 11.3. The van der Waals surface area contributed by atoms with Crippen LogP contribution in [0.4, 0.5) is 0 Å². The van der Waals surface area contributed by atoms with E-state index < -0.39 is 0 Å². The van der Waals surface area contributed by atoms with Crippen molar-refractivity contribution in [3.63, 3.8) is 0 Å². The Bertz CT molecular complexity index is 3330. The lowest BCUT2D eigenvalue weighted by Crippen LogP contribution is -2.12. The zero-order chi connectivity index (χ0) is 41.7. The largest absolute Gasteiger partial charge is 0.0610 e. The van der Waals surface area contributed by atoms with Gasteiger partial charge in [-0.1, -0.05) is 168 Å². The van der Waals surface area contributed by atoms with E-state index in [-0.39, 0.29) is 21.7 Å². The van der Waals surface area contributed by atoms with Crippen molar-refractivity contribution in [1.29, 1.82) is 0 Å². The maximum atomic E-state index is 2.56. The van der Waals surface area contributed by atoms with Gasteiger partial charge in [0.1, 0.15) is 0 Å². The molecule has 0 atom stereocenters. The minimum Gasteiger partial charge on any atom is -0.0610 e. The van der Waals surface area contributed by atoms with Gasteiger partial charge < -0.3 is 0 Å². The molecule has 0 aliphatic heterocycles. The quantitative estimate of drug-likeness (QED) is 0.106. The minimum absolute atomic E-state index is 0.00181. The third-order valence-corrected chi connectivity index (χ3v) is 14.6. The first-order chi connectivity index (χ1) is 28.3. The van der Waals surface area contributed by atoms with Gasteiger partial charge >= 0.3 is 0 Å². The van der Waals surface area contributed by atoms with Crippen LogP contribution in [-0.4, -0.2) is 0 Å². The van der Waals surface area contributed by atoms with Gasteiger partial charge in [0.05, 0.1) is 0 Å². The number of rotatable bonds is 0. The Hall–Kier alpha value is -5.72. The van der Waals surface area contributed by atoms with Gasteiger partial charge in [-0.25, -0.2) is 0 Å². The summed E-state index contributed by atoms with van der Waals surface area (Å²) < 4.78 is 0. The molecule has 0 aliphatic rings. The zero-order valence-corrected chi connectivity index (χ0v) is 37.4. The fourth-order valence-corrected chi connectivity index (χ4v) is 11.3. The van der Waals surface area contributed by atoms with Crippen LogP contribution in [0.2, 0.25) is 0 Å². The lowest BCUT2D eigenvalue weighted by molar-refractivity contribution is 0.591. The first-order valence-electron chi connectivity index (χ1n) is 22.2. The number of hydrogen-bond donors (Lipinski definition) is 0. The highest BCUT2D eigenvalue weighted by molar-refractivity contribution is 6.51. The molecule has 0 aliphatic carbocycles. The maximum absolute atomic E-state index is 2.56. The smallest absolute Gasteiger partial charge is 0.00133 e. The lowest BCUT2D eigenvalue weighted by Gasteiger charge is -2.27. The van der Waals surface area contributed by atoms with Gasteiger partial charge in [-0.2, -0.15) is 0 Å². The number of hydrogen-bond acceptors (Lipinski definition) is 0. The Morgan fingerprint density at radius 2 is 0.417 bits per heavy atom. The summed E-state index contributed by atoms with van der Waals surface area (Å²) >= 11 is 0. The molecule has 12 aromatic rings. The van der Waals surface area contributed by atoms with Gasteiger partial charge in [0, 0.05) is 0 Å². The van der Waals surface area contributed by atoms with E-state index in [2.05, 4.69) is 192 Å². The van der Waals surface area contributed by atoms with Gasteiger partial charge in [-0.05, 0) is 187 Å². The summed E-state index contributed by atoms with van der Waals surface area (Å²) in [6, 6.07) is 44.2. The molecule has 0 spiro atoms. The van der Waals surface area contributed by atoms with Crippen molar-refractivity contribution in [1.82, 2.24) is 0 Å². The summed E-state index contributed by atoms with van der Waals surface area (Å²) in [6.45, 7) is 28.3. The van der Waals surface area contributed by atoms with E-state index in [1.807, 2.05) is 0 Å². The van der Waals surface area contributed by atoms with Gasteiger partial charge in [0.15, 0.2) is 0 Å². The van der Waals surface area contributed by atoms with Crippen LogP contribution in [0.5, 0.6) is 0 Å². The zero-order valence-electron chi connectivity index (χ0n) is 37.4. The van der Waals surface area contributed by atoms with Crippen LogP contribution in [0.3, 0.4) is 0 Å². The summed E-state index contributed by atoms with van der Waals surface area (Å²) in [7, 11) is 0. The van der Waals surface area contributed by atoms with Gasteiger partial charge in [0.25, 0.3) is 0 Å². The van der Waals surface area contributed by atoms with Crippen LogP contribution in [0.25, 0.3) is 118 Å². The normalized spacial score (nSPS) is 14.0. The Morgan fingerprint density at radius 3 is 0.617 bits per heavy atom. The third kappa shape index (κ3) is 4.63. The van der Waals surface area contributed by atoms with Crippen LogP contribution >= 0.6 is 0 Å². The first kappa shape index (κ1) is 36.2. The highest BCUT2D eigenvalue weighted by Gasteiger charge is 2.29. The second-order valence-electron chi connectivity index (χ2n) is 22.6. The van der Waals surface area contributed by atoms with Crippen molar-refractivity contribution in [2.24, 2.45) is 0 Å². The summed E-state index contributed by atoms with van der Waals surface area (Å²) in [5.41, 5.74) is 5.52. The Morgan fingerprint density at radius 1 is 0.217 bits per heavy atom. The molecule has 0 bridgehead atoms. The summed E-state index contributed by atoms with van der Waals surface area (Å²) in [5.74, 6) is 0. The highest BCUT2D eigenvalue weighted by Crippen LogP contribution is 2.55. The molecule has 0 N–H and O–H groups in total. The molecule has 12 rings (SSSR count). The molecule has 60 heavy (non-hydrogen) atoms. The second kappa shape index (κ2) is 11.2. The summed E-state index contributed by atoms with van der Waals surface area (Å²) in [5, 5.41) is 30.3. The molecule has 0 saturated heterocycles. The van der Waals surface area contributed by atoms with Crippen LogP contribution < -0.4 is 0 Å². The van der Waals surface area contributed by atoms with E-state index in [0.717, 1.165) is 0 Å².